The Balaban J connectivity index is 0. The molecule has 0 heterocycles. The maximum absolute atomic E-state index is 9.25. The van der Waals surface area contributed by atoms with Gasteiger partial charge < -0.3 is 5.11 Å². The molecule has 0 aromatic carbocycles. The molecular weight excluding hydrogens is 275 g/mol. The molecule has 0 atom stereocenters. The Morgan fingerprint density at radius 1 is 1.83 bits per heavy atom. The first-order valence-corrected chi connectivity index (χ1v) is 1.12. The maximum atomic E-state index is 9.25. The SMILES string of the molecule is C=CC(=O)O.[PbH4]. The van der Waals surface area contributed by atoms with Crippen LogP contribution < -0.4 is 0 Å². The van der Waals surface area contributed by atoms with Gasteiger partial charge in [0.1, 0.15) is 0 Å². The van der Waals surface area contributed by atoms with Crippen molar-refractivity contribution in [2.45, 2.75) is 0 Å². The van der Waals surface area contributed by atoms with Crippen molar-refractivity contribution in [3.05, 3.63) is 12.7 Å². The summed E-state index contributed by atoms with van der Waals surface area (Å²) in [6.45, 7) is 2.96. The fourth-order valence-corrected chi connectivity index (χ4v) is 0. The third-order valence-corrected chi connectivity index (χ3v) is 0.175. The number of aliphatic carboxylic acids is 1. The number of carboxylic acid groups (broad SMARTS) is 1. The normalized spacial score (nSPS) is 5.33. The first-order chi connectivity index (χ1) is 2.27. The molecule has 0 aromatic heterocycles. The minimum absolute atomic E-state index is 0. The van der Waals surface area contributed by atoms with Crippen molar-refractivity contribution in [3.63, 3.8) is 0 Å². The van der Waals surface area contributed by atoms with Crippen LogP contribution in [0.4, 0.5) is 0 Å². The molecule has 0 saturated carbocycles. The van der Waals surface area contributed by atoms with Crippen molar-refractivity contribution >= 4 is 33.3 Å². The van der Waals surface area contributed by atoms with Crippen LogP contribution in [0.1, 0.15) is 0 Å². The standard InChI is InChI=1S/C3H4O2.Pb.4H/c1-2-3(4)5;;;;;/h2H,1H2,(H,4,5);;;;;. The van der Waals surface area contributed by atoms with Gasteiger partial charge in [-0.2, -0.15) is 0 Å². The quantitative estimate of drug-likeness (QED) is 0.485. The Bertz CT molecular complexity index is 59.8. The van der Waals surface area contributed by atoms with E-state index in [0.29, 0.717) is 0 Å². The average Bonchev–Trinajstić information content (AvgIpc) is 1.38. The minimum atomic E-state index is -0.981. The predicted octanol–water partition coefficient (Wildman–Crippen LogP) is -1.19. The zero-order valence-electron chi connectivity index (χ0n) is 2.64. The second-order valence-electron chi connectivity index (χ2n) is 0.542. The van der Waals surface area contributed by atoms with Crippen molar-refractivity contribution in [2.75, 3.05) is 0 Å². The molecular formula is C3H8O2Pb. The molecule has 36 valence electrons. The van der Waals surface area contributed by atoms with Gasteiger partial charge in [0.25, 0.3) is 0 Å². The summed E-state index contributed by atoms with van der Waals surface area (Å²) < 4.78 is 0. The number of carboxylic acids is 1. The van der Waals surface area contributed by atoms with E-state index < -0.39 is 5.97 Å². The number of rotatable bonds is 1. The van der Waals surface area contributed by atoms with Crippen LogP contribution in [0.3, 0.4) is 0 Å². The summed E-state index contributed by atoms with van der Waals surface area (Å²) in [7, 11) is 0. The summed E-state index contributed by atoms with van der Waals surface area (Å²) in [5.74, 6) is -0.981. The Kier molecular flexibility index (Phi) is 8.09. The molecule has 0 amide bonds. The van der Waals surface area contributed by atoms with Gasteiger partial charge in [0, 0.05) is 6.08 Å². The summed E-state index contributed by atoms with van der Waals surface area (Å²) in [5.41, 5.74) is 0. The van der Waals surface area contributed by atoms with E-state index in [4.69, 9.17) is 5.11 Å². The molecule has 0 fully saturated rings. The molecule has 1 N–H and O–H groups in total. The topological polar surface area (TPSA) is 37.3 Å². The Morgan fingerprint density at radius 2 is 2.00 bits per heavy atom. The van der Waals surface area contributed by atoms with E-state index in [1.807, 2.05) is 0 Å². The molecule has 0 spiro atoms. The van der Waals surface area contributed by atoms with Crippen LogP contribution in [0, 0.1) is 0 Å². The number of hydrogen-bond donors (Lipinski definition) is 1. The molecule has 0 aromatic rings. The van der Waals surface area contributed by atoms with E-state index in [1.165, 1.54) is 0 Å². The molecule has 0 saturated heterocycles. The summed E-state index contributed by atoms with van der Waals surface area (Å²) in [6, 6.07) is 0. The van der Waals surface area contributed by atoms with Crippen molar-refractivity contribution in [3.8, 4) is 0 Å². The van der Waals surface area contributed by atoms with Gasteiger partial charge in [0.15, 0.2) is 0 Å². The number of hydrogen-bond acceptors (Lipinski definition) is 1. The zero-order chi connectivity index (χ0) is 4.28. The van der Waals surface area contributed by atoms with Crippen LogP contribution in [-0.2, 0) is 4.79 Å². The van der Waals surface area contributed by atoms with Crippen LogP contribution in [-0.4, -0.2) is 38.4 Å². The molecule has 0 bridgehead atoms. The van der Waals surface area contributed by atoms with E-state index >= 15 is 0 Å². The van der Waals surface area contributed by atoms with Gasteiger partial charge in [0.2, 0.25) is 0 Å². The van der Waals surface area contributed by atoms with Crippen molar-refractivity contribution < 1.29 is 9.90 Å². The second-order valence-corrected chi connectivity index (χ2v) is 0.542. The van der Waals surface area contributed by atoms with Crippen LogP contribution in [0.2, 0.25) is 0 Å². The van der Waals surface area contributed by atoms with Gasteiger partial charge in [-0.25, -0.2) is 4.79 Å². The van der Waals surface area contributed by atoms with Gasteiger partial charge in [0.05, 0.1) is 0 Å². The summed E-state index contributed by atoms with van der Waals surface area (Å²) >= 11 is 0. The molecule has 6 heavy (non-hydrogen) atoms. The van der Waals surface area contributed by atoms with E-state index in [9.17, 15) is 4.79 Å². The molecule has 0 aliphatic carbocycles. The predicted molar refractivity (Wildman–Crippen MR) is 29.2 cm³/mol. The number of carbonyl (C=O) groups is 1. The molecule has 3 heteroatoms. The van der Waals surface area contributed by atoms with Crippen LogP contribution in [0.25, 0.3) is 0 Å². The van der Waals surface area contributed by atoms with Crippen LogP contribution in [0.5, 0.6) is 0 Å². The summed E-state index contributed by atoms with van der Waals surface area (Å²) in [6.07, 6.45) is 0.833. The van der Waals surface area contributed by atoms with Gasteiger partial charge in [-0.3, -0.25) is 0 Å². The fourth-order valence-electron chi connectivity index (χ4n) is 0. The Labute approximate surface area is 56.0 Å². The van der Waals surface area contributed by atoms with E-state index in [1.54, 1.807) is 0 Å². The second kappa shape index (κ2) is 5.13. The summed E-state index contributed by atoms with van der Waals surface area (Å²) in [4.78, 5) is 9.25. The van der Waals surface area contributed by atoms with Gasteiger partial charge in [-0.15, -0.1) is 0 Å². The van der Waals surface area contributed by atoms with Crippen molar-refractivity contribution in [1.29, 1.82) is 0 Å². The van der Waals surface area contributed by atoms with Gasteiger partial charge >= 0.3 is 33.3 Å². The van der Waals surface area contributed by atoms with Crippen LogP contribution >= 0.6 is 0 Å². The fraction of sp³-hybridized carbons (Fsp3) is 0. The third-order valence-electron chi connectivity index (χ3n) is 0.175. The third kappa shape index (κ3) is 8.92. The molecule has 2 nitrogen and oxygen atoms in total. The molecule has 0 aliphatic heterocycles. The first kappa shape index (κ1) is 9.46. The monoisotopic (exact) mass is 284 g/mol. The van der Waals surface area contributed by atoms with Gasteiger partial charge in [-0.1, -0.05) is 6.58 Å². The zero-order valence-corrected chi connectivity index (χ0v) is 2.64. The average molecular weight is 283 g/mol. The molecule has 0 rings (SSSR count). The Hall–Kier alpha value is 0.132. The van der Waals surface area contributed by atoms with Gasteiger partial charge in [-0.05, 0) is 0 Å². The van der Waals surface area contributed by atoms with Crippen LogP contribution in [0.15, 0.2) is 12.7 Å². The Morgan fingerprint density at radius 3 is 2.00 bits per heavy atom. The van der Waals surface area contributed by atoms with E-state index in [2.05, 4.69) is 6.58 Å². The molecule has 0 unspecified atom stereocenters. The summed E-state index contributed by atoms with van der Waals surface area (Å²) in [5, 5.41) is 7.60. The first-order valence-electron chi connectivity index (χ1n) is 1.12. The van der Waals surface area contributed by atoms with Crippen molar-refractivity contribution in [1.82, 2.24) is 0 Å². The molecule has 0 radical (unpaired) electrons. The van der Waals surface area contributed by atoms with Crippen molar-refractivity contribution in [2.24, 2.45) is 0 Å². The van der Waals surface area contributed by atoms with E-state index in [0.717, 1.165) is 6.08 Å². The van der Waals surface area contributed by atoms with E-state index in [-0.39, 0.29) is 27.3 Å². The molecule has 0 aliphatic rings.